The Morgan fingerprint density at radius 3 is 2.71 bits per heavy atom. The van der Waals surface area contributed by atoms with Crippen molar-refractivity contribution >= 4 is 5.69 Å². The fraction of sp³-hybridized carbons (Fsp3) is 0.571. The van der Waals surface area contributed by atoms with Gasteiger partial charge in [-0.2, -0.15) is 0 Å². The zero-order valence-corrected chi connectivity index (χ0v) is 10.7. The second kappa shape index (κ2) is 4.96. The van der Waals surface area contributed by atoms with E-state index >= 15 is 0 Å². The van der Waals surface area contributed by atoms with Gasteiger partial charge in [-0.15, -0.1) is 0 Å². The van der Waals surface area contributed by atoms with E-state index in [1.807, 2.05) is 24.3 Å². The zero-order chi connectivity index (χ0) is 12.3. The second-order valence-corrected chi connectivity index (χ2v) is 5.24. The van der Waals surface area contributed by atoms with Crippen LogP contribution in [-0.4, -0.2) is 19.2 Å². The molecule has 1 saturated carbocycles. The average Bonchev–Trinajstić information content (AvgIpc) is 3.13. The molecule has 0 radical (unpaired) electrons. The van der Waals surface area contributed by atoms with Crippen LogP contribution in [0.1, 0.15) is 26.2 Å². The standard InChI is InChI=1S/C14H22N2O/c1-14(10-15,9-11-7-8-11)16-12-5-3-4-6-13(12)17-2/h3-6,11,16H,7-10,15H2,1-2H3. The maximum atomic E-state index is 5.92. The van der Waals surface area contributed by atoms with Gasteiger partial charge in [0.05, 0.1) is 12.8 Å². The lowest BCUT2D eigenvalue weighted by Crippen LogP contribution is -2.43. The molecule has 3 heteroatoms. The first-order valence-corrected chi connectivity index (χ1v) is 6.28. The highest BCUT2D eigenvalue weighted by Gasteiger charge is 2.32. The Hall–Kier alpha value is -1.22. The molecule has 0 spiro atoms. The summed E-state index contributed by atoms with van der Waals surface area (Å²) >= 11 is 0. The van der Waals surface area contributed by atoms with Gasteiger partial charge in [-0.05, 0) is 31.4 Å². The molecule has 3 N–H and O–H groups in total. The molecule has 0 aliphatic heterocycles. The Balaban J connectivity index is 2.10. The number of nitrogens with one attached hydrogen (secondary N) is 1. The summed E-state index contributed by atoms with van der Waals surface area (Å²) in [6.07, 6.45) is 3.84. The summed E-state index contributed by atoms with van der Waals surface area (Å²) in [5.74, 6) is 1.73. The van der Waals surface area contributed by atoms with Gasteiger partial charge < -0.3 is 15.8 Å². The van der Waals surface area contributed by atoms with Crippen LogP contribution in [0, 0.1) is 5.92 Å². The number of anilines is 1. The molecule has 94 valence electrons. The van der Waals surface area contributed by atoms with Gasteiger partial charge in [-0.3, -0.25) is 0 Å². The highest BCUT2D eigenvalue weighted by atomic mass is 16.5. The average molecular weight is 234 g/mol. The first-order chi connectivity index (χ1) is 8.17. The molecule has 17 heavy (non-hydrogen) atoms. The first kappa shape index (κ1) is 12.2. The molecule has 2 rings (SSSR count). The van der Waals surface area contributed by atoms with Crippen LogP contribution < -0.4 is 15.8 Å². The van der Waals surface area contributed by atoms with Crippen molar-refractivity contribution in [3.05, 3.63) is 24.3 Å². The van der Waals surface area contributed by atoms with E-state index in [4.69, 9.17) is 10.5 Å². The van der Waals surface area contributed by atoms with Crippen molar-refractivity contribution in [1.82, 2.24) is 0 Å². The number of nitrogens with two attached hydrogens (primary N) is 1. The SMILES string of the molecule is COc1ccccc1NC(C)(CN)CC1CC1. The van der Waals surface area contributed by atoms with Crippen molar-refractivity contribution in [1.29, 1.82) is 0 Å². The molecule has 0 aromatic heterocycles. The molecule has 1 aliphatic rings. The van der Waals surface area contributed by atoms with Crippen molar-refractivity contribution in [2.75, 3.05) is 19.0 Å². The fourth-order valence-electron chi connectivity index (χ4n) is 2.22. The summed E-state index contributed by atoms with van der Waals surface area (Å²) in [5.41, 5.74) is 6.92. The molecule has 3 nitrogen and oxygen atoms in total. The fourth-order valence-corrected chi connectivity index (χ4v) is 2.22. The molecule has 0 saturated heterocycles. The number of para-hydroxylation sites is 2. The van der Waals surface area contributed by atoms with E-state index in [-0.39, 0.29) is 5.54 Å². The summed E-state index contributed by atoms with van der Waals surface area (Å²) in [6, 6.07) is 8.00. The smallest absolute Gasteiger partial charge is 0.141 e. The van der Waals surface area contributed by atoms with Gasteiger partial charge in [0, 0.05) is 12.1 Å². The quantitative estimate of drug-likeness (QED) is 0.795. The van der Waals surface area contributed by atoms with Crippen LogP contribution in [0.4, 0.5) is 5.69 Å². The minimum atomic E-state index is -0.0319. The molecule has 1 aromatic rings. The van der Waals surface area contributed by atoms with E-state index in [9.17, 15) is 0 Å². The molecule has 0 bridgehead atoms. The predicted molar refractivity (Wildman–Crippen MR) is 71.4 cm³/mol. The largest absolute Gasteiger partial charge is 0.495 e. The molecule has 1 unspecified atom stereocenters. The third kappa shape index (κ3) is 3.13. The maximum absolute atomic E-state index is 5.92. The van der Waals surface area contributed by atoms with Crippen LogP contribution >= 0.6 is 0 Å². The van der Waals surface area contributed by atoms with Crippen molar-refractivity contribution in [2.45, 2.75) is 31.7 Å². The number of hydrogen-bond acceptors (Lipinski definition) is 3. The number of benzene rings is 1. The predicted octanol–water partition coefficient (Wildman–Crippen LogP) is 2.62. The van der Waals surface area contributed by atoms with E-state index in [2.05, 4.69) is 12.2 Å². The number of methoxy groups -OCH3 is 1. The minimum Gasteiger partial charge on any atom is -0.495 e. The van der Waals surface area contributed by atoms with Gasteiger partial charge in [-0.1, -0.05) is 25.0 Å². The normalized spacial score (nSPS) is 18.5. The molecule has 1 fully saturated rings. The van der Waals surface area contributed by atoms with Gasteiger partial charge in [0.25, 0.3) is 0 Å². The zero-order valence-electron chi connectivity index (χ0n) is 10.7. The number of hydrogen-bond donors (Lipinski definition) is 2. The summed E-state index contributed by atoms with van der Waals surface area (Å²) in [6.45, 7) is 2.83. The molecule has 1 atom stereocenters. The first-order valence-electron chi connectivity index (χ1n) is 6.28. The Labute approximate surface area is 103 Å². The Bertz CT molecular complexity index is 376. The minimum absolute atomic E-state index is 0.0319. The topological polar surface area (TPSA) is 47.3 Å². The van der Waals surface area contributed by atoms with Gasteiger partial charge >= 0.3 is 0 Å². The maximum Gasteiger partial charge on any atom is 0.141 e. The van der Waals surface area contributed by atoms with Gasteiger partial charge in [-0.25, -0.2) is 0 Å². The van der Waals surface area contributed by atoms with Crippen molar-refractivity contribution in [2.24, 2.45) is 11.7 Å². The summed E-state index contributed by atoms with van der Waals surface area (Å²) < 4.78 is 5.35. The van der Waals surface area contributed by atoms with Crippen molar-refractivity contribution in [3.63, 3.8) is 0 Å². The van der Waals surface area contributed by atoms with Crippen LogP contribution in [0.3, 0.4) is 0 Å². The Kier molecular flexibility index (Phi) is 3.57. The third-order valence-corrected chi connectivity index (χ3v) is 3.43. The lowest BCUT2D eigenvalue weighted by atomic mass is 9.94. The van der Waals surface area contributed by atoms with E-state index in [0.29, 0.717) is 6.54 Å². The van der Waals surface area contributed by atoms with Gasteiger partial charge in [0.2, 0.25) is 0 Å². The van der Waals surface area contributed by atoms with Crippen molar-refractivity contribution < 1.29 is 4.74 Å². The summed E-state index contributed by atoms with van der Waals surface area (Å²) in [4.78, 5) is 0. The molecule has 1 aliphatic carbocycles. The second-order valence-electron chi connectivity index (χ2n) is 5.24. The lowest BCUT2D eigenvalue weighted by molar-refractivity contribution is 0.409. The van der Waals surface area contributed by atoms with E-state index in [0.717, 1.165) is 23.8 Å². The molecule has 1 aromatic carbocycles. The van der Waals surface area contributed by atoms with Gasteiger partial charge in [0.1, 0.15) is 5.75 Å². The van der Waals surface area contributed by atoms with Crippen LogP contribution in [0.15, 0.2) is 24.3 Å². The van der Waals surface area contributed by atoms with E-state index < -0.39 is 0 Å². The highest BCUT2D eigenvalue weighted by Crippen LogP contribution is 2.38. The van der Waals surface area contributed by atoms with E-state index in [1.165, 1.54) is 12.8 Å². The lowest BCUT2D eigenvalue weighted by Gasteiger charge is -2.31. The third-order valence-electron chi connectivity index (χ3n) is 3.43. The van der Waals surface area contributed by atoms with Crippen LogP contribution in [-0.2, 0) is 0 Å². The highest BCUT2D eigenvalue weighted by molar-refractivity contribution is 5.57. The summed E-state index contributed by atoms with van der Waals surface area (Å²) in [5, 5.41) is 3.55. The Morgan fingerprint density at radius 1 is 1.41 bits per heavy atom. The molecular formula is C14H22N2O. The van der Waals surface area contributed by atoms with Crippen LogP contribution in [0.2, 0.25) is 0 Å². The summed E-state index contributed by atoms with van der Waals surface area (Å²) in [7, 11) is 1.70. The van der Waals surface area contributed by atoms with E-state index in [1.54, 1.807) is 7.11 Å². The van der Waals surface area contributed by atoms with Crippen LogP contribution in [0.5, 0.6) is 5.75 Å². The van der Waals surface area contributed by atoms with Gasteiger partial charge in [0.15, 0.2) is 0 Å². The number of rotatable bonds is 6. The molecule has 0 heterocycles. The van der Waals surface area contributed by atoms with Crippen LogP contribution in [0.25, 0.3) is 0 Å². The molecule has 0 amide bonds. The molecular weight excluding hydrogens is 212 g/mol. The van der Waals surface area contributed by atoms with Crippen molar-refractivity contribution in [3.8, 4) is 5.75 Å². The Morgan fingerprint density at radius 2 is 2.12 bits per heavy atom. The number of ether oxygens (including phenoxy) is 1. The monoisotopic (exact) mass is 234 g/mol.